The second-order valence-electron chi connectivity index (χ2n) is 4.35. The van der Waals surface area contributed by atoms with Gasteiger partial charge in [-0.15, -0.1) is 10.2 Å². The number of benzene rings is 1. The van der Waals surface area contributed by atoms with E-state index in [0.29, 0.717) is 17.9 Å². The topological polar surface area (TPSA) is 43.9 Å². The molecule has 2 aromatic heterocycles. The molecule has 0 atom stereocenters. The van der Waals surface area contributed by atoms with Crippen LogP contribution in [0.25, 0.3) is 0 Å². The van der Waals surface area contributed by atoms with Gasteiger partial charge in [0.15, 0.2) is 5.16 Å². The molecule has 0 amide bonds. The highest BCUT2D eigenvalue weighted by molar-refractivity contribution is 9.10. The number of thioether (sulfide) groups is 1. The van der Waals surface area contributed by atoms with Gasteiger partial charge in [0.05, 0.1) is 12.8 Å². The van der Waals surface area contributed by atoms with Gasteiger partial charge in [0.25, 0.3) is 0 Å². The highest BCUT2D eigenvalue weighted by Gasteiger charge is 2.09. The number of aromatic nitrogens is 3. The van der Waals surface area contributed by atoms with Gasteiger partial charge in [-0.2, -0.15) is 0 Å². The first-order chi connectivity index (χ1) is 10.2. The molecular weight excluding hydrogens is 357 g/mol. The van der Waals surface area contributed by atoms with E-state index in [9.17, 15) is 4.39 Å². The van der Waals surface area contributed by atoms with Crippen LogP contribution in [-0.2, 0) is 12.3 Å². The fourth-order valence-corrected chi connectivity index (χ4v) is 3.05. The Balaban J connectivity index is 1.69. The fraction of sp³-hybridized carbons (Fsp3) is 0.143. The Morgan fingerprint density at radius 2 is 2.24 bits per heavy atom. The first kappa shape index (κ1) is 14.3. The third kappa shape index (κ3) is 3.54. The van der Waals surface area contributed by atoms with Gasteiger partial charge < -0.3 is 8.98 Å². The predicted molar refractivity (Wildman–Crippen MR) is 81.5 cm³/mol. The predicted octanol–water partition coefficient (Wildman–Crippen LogP) is 4.11. The third-order valence-corrected chi connectivity index (χ3v) is 4.38. The van der Waals surface area contributed by atoms with Crippen LogP contribution >= 0.6 is 27.7 Å². The van der Waals surface area contributed by atoms with Crippen molar-refractivity contribution in [2.45, 2.75) is 17.5 Å². The maximum Gasteiger partial charge on any atom is 0.191 e. The summed E-state index contributed by atoms with van der Waals surface area (Å²) in [5.74, 6) is 1.09. The highest BCUT2D eigenvalue weighted by Crippen LogP contribution is 2.24. The maximum absolute atomic E-state index is 13.8. The first-order valence-corrected chi connectivity index (χ1v) is 7.97. The average molecular weight is 368 g/mol. The van der Waals surface area contributed by atoms with Crippen LogP contribution in [0, 0.1) is 5.82 Å². The van der Waals surface area contributed by atoms with Gasteiger partial charge in [0.2, 0.25) is 0 Å². The van der Waals surface area contributed by atoms with Gasteiger partial charge in [-0.05, 0) is 29.8 Å². The van der Waals surface area contributed by atoms with E-state index in [1.54, 1.807) is 18.7 Å². The zero-order valence-electron chi connectivity index (χ0n) is 10.9. The smallest absolute Gasteiger partial charge is 0.191 e. The van der Waals surface area contributed by atoms with Crippen molar-refractivity contribution in [3.63, 3.8) is 0 Å². The molecule has 21 heavy (non-hydrogen) atoms. The van der Waals surface area contributed by atoms with Crippen LogP contribution in [0.4, 0.5) is 4.39 Å². The molecule has 0 saturated heterocycles. The number of hydrogen-bond donors (Lipinski definition) is 0. The fourth-order valence-electron chi connectivity index (χ4n) is 1.82. The normalized spacial score (nSPS) is 11.0. The lowest BCUT2D eigenvalue weighted by Crippen LogP contribution is -1.99. The van der Waals surface area contributed by atoms with Gasteiger partial charge in [-0.25, -0.2) is 4.39 Å². The molecule has 0 radical (unpaired) electrons. The maximum atomic E-state index is 13.8. The number of hydrogen-bond acceptors (Lipinski definition) is 4. The monoisotopic (exact) mass is 367 g/mol. The van der Waals surface area contributed by atoms with E-state index in [1.165, 1.54) is 17.8 Å². The first-order valence-electron chi connectivity index (χ1n) is 6.19. The summed E-state index contributed by atoms with van der Waals surface area (Å²) in [6.07, 6.45) is 3.27. The van der Waals surface area contributed by atoms with Crippen molar-refractivity contribution in [1.29, 1.82) is 0 Å². The molecule has 0 saturated carbocycles. The van der Waals surface area contributed by atoms with Gasteiger partial charge in [0.1, 0.15) is 17.9 Å². The molecule has 3 aromatic rings. The largest absolute Gasteiger partial charge is 0.467 e. The molecule has 1 aromatic carbocycles. The lowest BCUT2D eigenvalue weighted by molar-refractivity contribution is 0.484. The van der Waals surface area contributed by atoms with Crippen molar-refractivity contribution >= 4 is 27.7 Å². The molecular formula is C14H11BrFN3OS. The Hall–Kier alpha value is -1.60. The van der Waals surface area contributed by atoms with E-state index < -0.39 is 0 Å². The van der Waals surface area contributed by atoms with Gasteiger partial charge in [0, 0.05) is 10.2 Å². The molecule has 4 nitrogen and oxygen atoms in total. The van der Waals surface area contributed by atoms with Crippen LogP contribution < -0.4 is 0 Å². The van der Waals surface area contributed by atoms with Crippen LogP contribution in [0.3, 0.4) is 0 Å². The minimum Gasteiger partial charge on any atom is -0.467 e. The third-order valence-electron chi connectivity index (χ3n) is 2.86. The number of furan rings is 1. The minimum atomic E-state index is -0.228. The molecule has 3 rings (SSSR count). The van der Waals surface area contributed by atoms with Crippen LogP contribution in [0.2, 0.25) is 0 Å². The Morgan fingerprint density at radius 3 is 3.00 bits per heavy atom. The second-order valence-corrected chi connectivity index (χ2v) is 6.20. The van der Waals surface area contributed by atoms with Crippen LogP contribution in [0.15, 0.2) is 57.0 Å². The summed E-state index contributed by atoms with van der Waals surface area (Å²) in [6.45, 7) is 0.561. The van der Waals surface area contributed by atoms with E-state index >= 15 is 0 Å². The quantitative estimate of drug-likeness (QED) is 0.636. The summed E-state index contributed by atoms with van der Waals surface area (Å²) in [7, 11) is 0. The molecule has 0 aliphatic rings. The molecule has 108 valence electrons. The van der Waals surface area contributed by atoms with E-state index in [-0.39, 0.29) is 5.82 Å². The van der Waals surface area contributed by atoms with Crippen LogP contribution in [0.1, 0.15) is 11.3 Å². The molecule has 0 N–H and O–H groups in total. The Labute approximate surface area is 133 Å². The molecule has 0 bridgehead atoms. The van der Waals surface area contributed by atoms with Crippen LogP contribution in [0.5, 0.6) is 0 Å². The molecule has 0 unspecified atom stereocenters. The molecule has 0 aliphatic heterocycles. The number of rotatable bonds is 5. The zero-order valence-corrected chi connectivity index (χ0v) is 13.3. The van der Waals surface area contributed by atoms with Crippen molar-refractivity contribution in [3.8, 4) is 0 Å². The Morgan fingerprint density at radius 1 is 1.33 bits per heavy atom. The van der Waals surface area contributed by atoms with Crippen molar-refractivity contribution in [1.82, 2.24) is 14.8 Å². The van der Waals surface area contributed by atoms with Crippen molar-refractivity contribution < 1.29 is 8.81 Å². The number of nitrogens with zero attached hydrogens (tertiary/aromatic N) is 3. The summed E-state index contributed by atoms with van der Waals surface area (Å²) in [5.41, 5.74) is 0.635. The Bertz CT molecular complexity index is 730. The molecule has 0 aliphatic carbocycles. The van der Waals surface area contributed by atoms with Crippen molar-refractivity contribution in [2.75, 3.05) is 0 Å². The average Bonchev–Trinajstić information content (AvgIpc) is 3.10. The molecule has 0 spiro atoms. The van der Waals surface area contributed by atoms with E-state index in [2.05, 4.69) is 26.1 Å². The van der Waals surface area contributed by atoms with Gasteiger partial charge >= 0.3 is 0 Å². The van der Waals surface area contributed by atoms with Crippen molar-refractivity contribution in [2.24, 2.45) is 0 Å². The van der Waals surface area contributed by atoms with Gasteiger partial charge in [-0.1, -0.05) is 33.8 Å². The summed E-state index contributed by atoms with van der Waals surface area (Å²) in [4.78, 5) is 0. The van der Waals surface area contributed by atoms with Crippen molar-refractivity contribution in [3.05, 3.63) is 64.5 Å². The Kier molecular flexibility index (Phi) is 4.40. The lowest BCUT2D eigenvalue weighted by Gasteiger charge is -2.05. The zero-order chi connectivity index (χ0) is 14.7. The SMILES string of the molecule is Fc1cc(Br)ccc1CSc1nncn1Cc1ccco1. The van der Waals surface area contributed by atoms with Crippen LogP contribution in [-0.4, -0.2) is 14.8 Å². The minimum absolute atomic E-state index is 0.228. The van der Waals surface area contributed by atoms with Gasteiger partial charge in [-0.3, -0.25) is 0 Å². The van der Waals surface area contributed by atoms with E-state index in [1.807, 2.05) is 22.8 Å². The summed E-state index contributed by atoms with van der Waals surface area (Å²) < 4.78 is 21.7. The number of halogens is 2. The molecule has 0 fully saturated rings. The summed E-state index contributed by atoms with van der Waals surface area (Å²) >= 11 is 4.69. The molecule has 2 heterocycles. The molecule has 7 heteroatoms. The summed E-state index contributed by atoms with van der Waals surface area (Å²) in [5, 5.41) is 8.69. The van der Waals surface area contributed by atoms with E-state index in [0.717, 1.165) is 15.4 Å². The standard InChI is InChI=1S/C14H11BrFN3OS/c15-11-4-3-10(13(16)6-11)8-21-14-18-17-9-19(14)7-12-2-1-5-20-12/h1-6,9H,7-8H2. The van der Waals surface area contributed by atoms with E-state index in [4.69, 9.17) is 4.42 Å². The second kappa shape index (κ2) is 6.44. The summed E-state index contributed by atoms with van der Waals surface area (Å²) in [6, 6.07) is 8.78. The lowest BCUT2D eigenvalue weighted by atomic mass is 10.2. The highest BCUT2D eigenvalue weighted by atomic mass is 79.9.